The Labute approximate surface area is 101 Å². The summed E-state index contributed by atoms with van der Waals surface area (Å²) in [4.78, 5) is 0. The highest BCUT2D eigenvalue weighted by atomic mass is 16.5. The standard InChI is InChI=1S/C13H29NO2/c1-6-11(4)13(14-7-2)10-16-12(5)9-15-8-3/h11-14H,6-10H2,1-5H3. The Morgan fingerprint density at radius 3 is 2.25 bits per heavy atom. The molecule has 0 saturated carbocycles. The van der Waals surface area contributed by atoms with E-state index in [1.165, 1.54) is 6.42 Å². The van der Waals surface area contributed by atoms with Crippen molar-refractivity contribution in [3.05, 3.63) is 0 Å². The Morgan fingerprint density at radius 2 is 1.75 bits per heavy atom. The van der Waals surface area contributed by atoms with Crippen LogP contribution in [0.1, 0.15) is 41.0 Å². The average Bonchev–Trinajstić information content (AvgIpc) is 2.30. The topological polar surface area (TPSA) is 30.5 Å². The third-order valence-electron chi connectivity index (χ3n) is 2.91. The molecule has 0 fully saturated rings. The summed E-state index contributed by atoms with van der Waals surface area (Å²) in [6, 6.07) is 0.457. The summed E-state index contributed by atoms with van der Waals surface area (Å²) in [5.41, 5.74) is 0. The van der Waals surface area contributed by atoms with Gasteiger partial charge in [0.1, 0.15) is 0 Å². The van der Waals surface area contributed by atoms with Gasteiger partial charge in [0.15, 0.2) is 0 Å². The van der Waals surface area contributed by atoms with Crippen LogP contribution in [-0.4, -0.2) is 38.5 Å². The summed E-state index contributed by atoms with van der Waals surface area (Å²) in [5.74, 6) is 0.652. The minimum Gasteiger partial charge on any atom is -0.379 e. The zero-order chi connectivity index (χ0) is 12.4. The van der Waals surface area contributed by atoms with Gasteiger partial charge < -0.3 is 14.8 Å². The van der Waals surface area contributed by atoms with Crippen molar-refractivity contribution in [1.82, 2.24) is 5.32 Å². The van der Waals surface area contributed by atoms with Crippen molar-refractivity contribution in [2.45, 2.75) is 53.2 Å². The van der Waals surface area contributed by atoms with Gasteiger partial charge >= 0.3 is 0 Å². The van der Waals surface area contributed by atoms with Crippen LogP contribution in [0.3, 0.4) is 0 Å². The second-order valence-corrected chi connectivity index (χ2v) is 4.35. The van der Waals surface area contributed by atoms with E-state index in [-0.39, 0.29) is 6.10 Å². The van der Waals surface area contributed by atoms with E-state index in [0.29, 0.717) is 18.6 Å². The van der Waals surface area contributed by atoms with E-state index in [2.05, 4.69) is 33.0 Å². The third kappa shape index (κ3) is 7.20. The Balaban J connectivity index is 3.81. The third-order valence-corrected chi connectivity index (χ3v) is 2.91. The number of nitrogens with one attached hydrogen (secondary N) is 1. The van der Waals surface area contributed by atoms with E-state index in [4.69, 9.17) is 9.47 Å². The SMILES string of the molecule is CCNC(COC(C)COCC)C(C)CC. The maximum atomic E-state index is 5.79. The van der Waals surface area contributed by atoms with E-state index in [1.54, 1.807) is 0 Å². The van der Waals surface area contributed by atoms with Crippen molar-refractivity contribution in [3.63, 3.8) is 0 Å². The highest BCUT2D eigenvalue weighted by Crippen LogP contribution is 2.09. The van der Waals surface area contributed by atoms with Gasteiger partial charge in [-0.15, -0.1) is 0 Å². The van der Waals surface area contributed by atoms with Crippen LogP contribution in [0.4, 0.5) is 0 Å². The Bertz CT molecular complexity index is 153. The first-order chi connectivity index (χ1) is 7.65. The predicted octanol–water partition coefficient (Wildman–Crippen LogP) is 2.45. The molecular weight excluding hydrogens is 202 g/mol. The van der Waals surface area contributed by atoms with Gasteiger partial charge in [-0.25, -0.2) is 0 Å². The zero-order valence-electron chi connectivity index (χ0n) is 11.6. The maximum Gasteiger partial charge on any atom is 0.0781 e. The molecule has 0 aliphatic rings. The van der Waals surface area contributed by atoms with Gasteiger partial charge in [0.25, 0.3) is 0 Å². The number of likely N-dealkylation sites (N-methyl/N-ethyl adjacent to an activating group) is 1. The largest absolute Gasteiger partial charge is 0.379 e. The molecule has 0 aromatic rings. The fraction of sp³-hybridized carbons (Fsp3) is 1.00. The summed E-state index contributed by atoms with van der Waals surface area (Å²) in [5, 5.41) is 3.48. The number of hydrogen-bond acceptors (Lipinski definition) is 3. The molecule has 3 atom stereocenters. The molecule has 0 aromatic heterocycles. The monoisotopic (exact) mass is 231 g/mol. The fourth-order valence-electron chi connectivity index (χ4n) is 1.57. The van der Waals surface area contributed by atoms with Crippen LogP contribution in [0.15, 0.2) is 0 Å². The van der Waals surface area contributed by atoms with Crippen LogP contribution in [0.2, 0.25) is 0 Å². The van der Waals surface area contributed by atoms with E-state index < -0.39 is 0 Å². The molecule has 0 amide bonds. The molecule has 3 unspecified atom stereocenters. The number of ether oxygens (including phenoxy) is 2. The minimum absolute atomic E-state index is 0.185. The van der Waals surface area contributed by atoms with Gasteiger partial charge in [0.2, 0.25) is 0 Å². The second-order valence-electron chi connectivity index (χ2n) is 4.35. The molecule has 0 bridgehead atoms. The molecular formula is C13H29NO2. The highest BCUT2D eigenvalue weighted by Gasteiger charge is 2.15. The quantitative estimate of drug-likeness (QED) is 0.626. The van der Waals surface area contributed by atoms with Gasteiger partial charge in [-0.05, 0) is 26.3 Å². The summed E-state index contributed by atoms with van der Waals surface area (Å²) in [6.07, 6.45) is 1.37. The molecule has 0 radical (unpaired) electrons. The van der Waals surface area contributed by atoms with Crippen molar-refractivity contribution < 1.29 is 9.47 Å². The van der Waals surface area contributed by atoms with Gasteiger partial charge in [0, 0.05) is 12.6 Å². The van der Waals surface area contributed by atoms with Crippen LogP contribution >= 0.6 is 0 Å². The minimum atomic E-state index is 0.185. The Hall–Kier alpha value is -0.120. The first kappa shape index (κ1) is 15.9. The van der Waals surface area contributed by atoms with Gasteiger partial charge in [-0.1, -0.05) is 27.2 Å². The summed E-state index contributed by atoms with van der Waals surface area (Å²) >= 11 is 0. The van der Waals surface area contributed by atoms with Crippen molar-refractivity contribution in [2.75, 3.05) is 26.4 Å². The lowest BCUT2D eigenvalue weighted by Crippen LogP contribution is -2.40. The number of rotatable bonds is 10. The molecule has 3 heteroatoms. The molecule has 0 spiro atoms. The lowest BCUT2D eigenvalue weighted by atomic mass is 10.00. The van der Waals surface area contributed by atoms with Crippen LogP contribution in [0, 0.1) is 5.92 Å². The molecule has 0 heterocycles. The van der Waals surface area contributed by atoms with Gasteiger partial charge in [-0.2, -0.15) is 0 Å². The van der Waals surface area contributed by atoms with Gasteiger partial charge in [-0.3, -0.25) is 0 Å². The predicted molar refractivity (Wildman–Crippen MR) is 68.8 cm³/mol. The maximum absolute atomic E-state index is 5.79. The molecule has 3 nitrogen and oxygen atoms in total. The molecule has 0 aliphatic carbocycles. The molecule has 0 aromatic carbocycles. The zero-order valence-corrected chi connectivity index (χ0v) is 11.6. The lowest BCUT2D eigenvalue weighted by Gasteiger charge is -2.25. The van der Waals surface area contributed by atoms with Crippen molar-refractivity contribution in [2.24, 2.45) is 5.92 Å². The molecule has 0 aliphatic heterocycles. The fourth-order valence-corrected chi connectivity index (χ4v) is 1.57. The first-order valence-corrected chi connectivity index (χ1v) is 6.58. The average molecular weight is 231 g/mol. The van der Waals surface area contributed by atoms with Crippen LogP contribution in [-0.2, 0) is 9.47 Å². The van der Waals surface area contributed by atoms with Crippen molar-refractivity contribution in [1.29, 1.82) is 0 Å². The first-order valence-electron chi connectivity index (χ1n) is 6.58. The van der Waals surface area contributed by atoms with E-state index in [1.807, 2.05) is 6.92 Å². The number of hydrogen-bond donors (Lipinski definition) is 1. The highest BCUT2D eigenvalue weighted by molar-refractivity contribution is 4.71. The second kappa shape index (κ2) is 10.1. The molecule has 1 N–H and O–H groups in total. The molecule has 98 valence electrons. The van der Waals surface area contributed by atoms with Crippen molar-refractivity contribution >= 4 is 0 Å². The summed E-state index contributed by atoms with van der Waals surface area (Å²) in [7, 11) is 0. The van der Waals surface area contributed by atoms with E-state index in [0.717, 1.165) is 19.8 Å². The normalized spacial score (nSPS) is 17.1. The summed E-state index contributed by atoms with van der Waals surface area (Å²) < 4.78 is 11.1. The lowest BCUT2D eigenvalue weighted by molar-refractivity contribution is -0.0164. The molecule has 16 heavy (non-hydrogen) atoms. The van der Waals surface area contributed by atoms with Crippen LogP contribution in [0.25, 0.3) is 0 Å². The summed E-state index contributed by atoms with van der Waals surface area (Å²) in [6.45, 7) is 13.9. The van der Waals surface area contributed by atoms with E-state index in [9.17, 15) is 0 Å². The molecule has 0 saturated heterocycles. The van der Waals surface area contributed by atoms with Crippen LogP contribution < -0.4 is 5.32 Å². The van der Waals surface area contributed by atoms with Gasteiger partial charge in [0.05, 0.1) is 19.3 Å². The smallest absolute Gasteiger partial charge is 0.0781 e. The Kier molecular flexibility index (Phi) is 9.99. The van der Waals surface area contributed by atoms with E-state index >= 15 is 0 Å². The molecule has 0 rings (SSSR count). The Morgan fingerprint density at radius 1 is 1.06 bits per heavy atom. The van der Waals surface area contributed by atoms with Crippen LogP contribution in [0.5, 0.6) is 0 Å². The van der Waals surface area contributed by atoms with Crippen molar-refractivity contribution in [3.8, 4) is 0 Å².